The van der Waals surface area contributed by atoms with Gasteiger partial charge in [-0.15, -0.1) is 0 Å². The Balaban J connectivity index is 2.02. The zero-order valence-corrected chi connectivity index (χ0v) is 9.52. The van der Waals surface area contributed by atoms with Crippen molar-refractivity contribution in [3.05, 3.63) is 0 Å². The zero-order chi connectivity index (χ0) is 11.6. The molecule has 1 aliphatic carbocycles. The van der Waals surface area contributed by atoms with Gasteiger partial charge in [-0.3, -0.25) is 4.79 Å². The molecule has 0 spiro atoms. The second-order valence-electron chi connectivity index (χ2n) is 4.72. The van der Waals surface area contributed by atoms with E-state index in [0.29, 0.717) is 38.6 Å². The molecule has 2 aliphatic rings. The fourth-order valence-electron chi connectivity index (χ4n) is 2.18. The molecular formula is C11H20N2O3. The topological polar surface area (TPSA) is 75.8 Å². The van der Waals surface area contributed by atoms with Crippen LogP contribution in [0.4, 0.5) is 0 Å². The van der Waals surface area contributed by atoms with Gasteiger partial charge in [0.1, 0.15) is 0 Å². The lowest BCUT2D eigenvalue weighted by Crippen LogP contribution is -2.59. The largest absolute Gasteiger partial charge is 0.395 e. The number of nitrogens with two attached hydrogens (primary N) is 1. The third-order valence-corrected chi connectivity index (χ3v) is 3.40. The van der Waals surface area contributed by atoms with Gasteiger partial charge in [-0.05, 0) is 25.7 Å². The molecule has 0 aromatic rings. The summed E-state index contributed by atoms with van der Waals surface area (Å²) in [6.45, 7) is 1.53. The summed E-state index contributed by atoms with van der Waals surface area (Å²) in [4.78, 5) is 14.1. The van der Waals surface area contributed by atoms with E-state index in [1.54, 1.807) is 4.90 Å². The molecule has 0 atom stereocenters. The molecule has 0 aromatic carbocycles. The van der Waals surface area contributed by atoms with Crippen molar-refractivity contribution in [3.8, 4) is 0 Å². The van der Waals surface area contributed by atoms with Gasteiger partial charge in [0.2, 0.25) is 5.91 Å². The lowest BCUT2D eigenvalue weighted by molar-refractivity contribution is -0.141. The van der Waals surface area contributed by atoms with Crippen LogP contribution >= 0.6 is 0 Å². The molecule has 16 heavy (non-hydrogen) atoms. The fraction of sp³-hybridized carbons (Fsp3) is 0.909. The molecule has 0 bridgehead atoms. The monoisotopic (exact) mass is 228 g/mol. The number of amides is 1. The normalized spacial score (nSPS) is 24.1. The molecule has 92 valence electrons. The van der Waals surface area contributed by atoms with Crippen LogP contribution in [0, 0.1) is 0 Å². The van der Waals surface area contributed by atoms with E-state index in [1.165, 1.54) is 0 Å². The Kier molecular flexibility index (Phi) is 3.47. The standard InChI is InChI=1S/C11H20N2O3/c12-11(3-7-16-8-4-11)10(15)13(5-6-14)9-1-2-9/h9,14H,1-8,12H2. The first-order valence-corrected chi connectivity index (χ1v) is 5.96. The Bertz CT molecular complexity index is 260. The van der Waals surface area contributed by atoms with Crippen molar-refractivity contribution in [1.82, 2.24) is 4.90 Å². The van der Waals surface area contributed by atoms with E-state index >= 15 is 0 Å². The average Bonchev–Trinajstić information content (AvgIpc) is 3.10. The predicted octanol–water partition coefficient (Wildman–Crippen LogP) is -0.522. The lowest BCUT2D eigenvalue weighted by atomic mass is 9.89. The van der Waals surface area contributed by atoms with Crippen molar-refractivity contribution >= 4 is 5.91 Å². The predicted molar refractivity (Wildman–Crippen MR) is 58.8 cm³/mol. The van der Waals surface area contributed by atoms with E-state index in [4.69, 9.17) is 15.6 Å². The van der Waals surface area contributed by atoms with Gasteiger partial charge in [0.25, 0.3) is 0 Å². The Morgan fingerprint density at radius 2 is 2.06 bits per heavy atom. The van der Waals surface area contributed by atoms with Gasteiger partial charge in [-0.2, -0.15) is 0 Å². The Labute approximate surface area is 95.5 Å². The maximum absolute atomic E-state index is 12.3. The summed E-state index contributed by atoms with van der Waals surface area (Å²) in [5.41, 5.74) is 5.38. The molecule has 2 fully saturated rings. The lowest BCUT2D eigenvalue weighted by Gasteiger charge is -2.36. The average molecular weight is 228 g/mol. The van der Waals surface area contributed by atoms with Gasteiger partial charge >= 0.3 is 0 Å². The molecule has 1 amide bonds. The van der Waals surface area contributed by atoms with Crippen LogP contribution in [-0.2, 0) is 9.53 Å². The molecule has 5 nitrogen and oxygen atoms in total. The van der Waals surface area contributed by atoms with Crippen molar-refractivity contribution in [3.63, 3.8) is 0 Å². The summed E-state index contributed by atoms with van der Waals surface area (Å²) in [6.07, 6.45) is 3.25. The zero-order valence-electron chi connectivity index (χ0n) is 9.52. The van der Waals surface area contributed by atoms with Gasteiger partial charge in [0.15, 0.2) is 0 Å². The van der Waals surface area contributed by atoms with Gasteiger partial charge in [0, 0.05) is 25.8 Å². The molecule has 1 heterocycles. The SMILES string of the molecule is NC1(C(=O)N(CCO)C2CC2)CCOCC1. The van der Waals surface area contributed by atoms with Crippen LogP contribution in [0.25, 0.3) is 0 Å². The highest BCUT2D eigenvalue weighted by Gasteiger charge is 2.43. The van der Waals surface area contributed by atoms with Crippen LogP contribution in [-0.4, -0.2) is 53.9 Å². The summed E-state index contributed by atoms with van der Waals surface area (Å²) < 4.78 is 5.23. The van der Waals surface area contributed by atoms with Crippen LogP contribution in [0.3, 0.4) is 0 Å². The molecule has 5 heteroatoms. The quantitative estimate of drug-likeness (QED) is 0.678. The summed E-state index contributed by atoms with van der Waals surface area (Å²) in [5, 5.41) is 8.99. The van der Waals surface area contributed by atoms with Crippen LogP contribution in [0.2, 0.25) is 0 Å². The first-order chi connectivity index (χ1) is 7.67. The smallest absolute Gasteiger partial charge is 0.243 e. The van der Waals surface area contributed by atoms with Gasteiger partial charge < -0.3 is 20.5 Å². The van der Waals surface area contributed by atoms with Crippen molar-refractivity contribution in [2.24, 2.45) is 5.73 Å². The Hall–Kier alpha value is -0.650. The summed E-state index contributed by atoms with van der Waals surface area (Å²) in [7, 11) is 0. The van der Waals surface area contributed by atoms with E-state index in [2.05, 4.69) is 0 Å². The summed E-state index contributed by atoms with van der Waals surface area (Å²) >= 11 is 0. The van der Waals surface area contributed by atoms with Crippen LogP contribution in [0.5, 0.6) is 0 Å². The fourth-order valence-corrected chi connectivity index (χ4v) is 2.18. The number of nitrogens with zero attached hydrogens (tertiary/aromatic N) is 1. The minimum Gasteiger partial charge on any atom is -0.395 e. The van der Waals surface area contributed by atoms with E-state index in [0.717, 1.165) is 12.8 Å². The minimum atomic E-state index is -0.768. The molecule has 3 N–H and O–H groups in total. The first kappa shape index (κ1) is 11.8. The number of aliphatic hydroxyl groups is 1. The van der Waals surface area contributed by atoms with E-state index < -0.39 is 5.54 Å². The van der Waals surface area contributed by atoms with Crippen molar-refractivity contribution in [2.75, 3.05) is 26.4 Å². The minimum absolute atomic E-state index is 0.00708. The van der Waals surface area contributed by atoms with Gasteiger partial charge in [-0.1, -0.05) is 0 Å². The molecular weight excluding hydrogens is 208 g/mol. The highest BCUT2D eigenvalue weighted by atomic mass is 16.5. The Morgan fingerprint density at radius 3 is 2.56 bits per heavy atom. The number of carbonyl (C=O) groups excluding carboxylic acids is 1. The molecule has 0 unspecified atom stereocenters. The number of hydrogen-bond acceptors (Lipinski definition) is 4. The van der Waals surface area contributed by atoms with Crippen molar-refractivity contribution in [2.45, 2.75) is 37.3 Å². The number of ether oxygens (including phenoxy) is 1. The maximum Gasteiger partial charge on any atom is 0.243 e. The molecule has 0 radical (unpaired) electrons. The second-order valence-corrected chi connectivity index (χ2v) is 4.72. The highest BCUT2D eigenvalue weighted by molar-refractivity contribution is 5.86. The molecule has 1 saturated carbocycles. The van der Waals surface area contributed by atoms with E-state index in [1.807, 2.05) is 0 Å². The van der Waals surface area contributed by atoms with Crippen LogP contribution in [0.15, 0.2) is 0 Å². The van der Waals surface area contributed by atoms with Gasteiger partial charge in [0.05, 0.1) is 12.1 Å². The number of carbonyl (C=O) groups is 1. The van der Waals surface area contributed by atoms with Crippen LogP contribution < -0.4 is 5.73 Å². The van der Waals surface area contributed by atoms with Crippen molar-refractivity contribution < 1.29 is 14.6 Å². The number of hydrogen-bond donors (Lipinski definition) is 2. The first-order valence-electron chi connectivity index (χ1n) is 5.96. The number of rotatable bonds is 4. The maximum atomic E-state index is 12.3. The third-order valence-electron chi connectivity index (χ3n) is 3.40. The molecule has 0 aromatic heterocycles. The van der Waals surface area contributed by atoms with Crippen molar-refractivity contribution in [1.29, 1.82) is 0 Å². The molecule has 1 aliphatic heterocycles. The van der Waals surface area contributed by atoms with Gasteiger partial charge in [-0.25, -0.2) is 0 Å². The third kappa shape index (κ3) is 2.36. The van der Waals surface area contributed by atoms with E-state index in [-0.39, 0.29) is 12.5 Å². The Morgan fingerprint density at radius 1 is 1.44 bits per heavy atom. The van der Waals surface area contributed by atoms with Crippen LogP contribution in [0.1, 0.15) is 25.7 Å². The summed E-state index contributed by atoms with van der Waals surface area (Å²) in [5.74, 6) is -0.00708. The summed E-state index contributed by atoms with van der Waals surface area (Å²) in [6, 6.07) is 0.308. The highest BCUT2D eigenvalue weighted by Crippen LogP contribution is 2.30. The molecule has 1 saturated heterocycles. The second kappa shape index (κ2) is 4.69. The van der Waals surface area contributed by atoms with E-state index in [9.17, 15) is 4.79 Å². The number of aliphatic hydroxyl groups excluding tert-OH is 1. The molecule has 2 rings (SSSR count).